The van der Waals surface area contributed by atoms with Crippen molar-refractivity contribution in [2.75, 3.05) is 31.1 Å². The van der Waals surface area contributed by atoms with E-state index in [-0.39, 0.29) is 34.3 Å². The minimum atomic E-state index is -0.966. The van der Waals surface area contributed by atoms with E-state index in [4.69, 9.17) is 0 Å². The number of piperidine rings is 2. The average Bonchev–Trinajstić information content (AvgIpc) is 3.38. The predicted octanol–water partition coefficient (Wildman–Crippen LogP) is 3.23. The molecule has 2 saturated heterocycles. The lowest BCUT2D eigenvalue weighted by Gasteiger charge is -2.46. The van der Waals surface area contributed by atoms with Crippen LogP contribution in [0.5, 0.6) is 0 Å². The highest BCUT2D eigenvalue weighted by Gasteiger charge is 2.38. The Labute approximate surface area is 198 Å². The Bertz CT molecular complexity index is 1410. The summed E-state index contributed by atoms with van der Waals surface area (Å²) < 4.78 is 42.0. The van der Waals surface area contributed by atoms with E-state index >= 15 is 0 Å². The third-order valence-corrected chi connectivity index (χ3v) is 6.60. The lowest BCUT2D eigenvalue weighted by atomic mass is 9.84. The second kappa shape index (κ2) is 8.33. The molecule has 0 N–H and O–H groups in total. The number of halogens is 3. The van der Waals surface area contributed by atoms with Gasteiger partial charge in [0, 0.05) is 38.3 Å². The van der Waals surface area contributed by atoms with E-state index in [0.29, 0.717) is 37.7 Å². The first kappa shape index (κ1) is 21.5. The van der Waals surface area contributed by atoms with Crippen molar-refractivity contribution >= 4 is 22.8 Å². The molecule has 2 aliphatic heterocycles. The van der Waals surface area contributed by atoms with Crippen LogP contribution in [0.1, 0.15) is 16.8 Å². The predicted molar refractivity (Wildman–Crippen MR) is 120 cm³/mol. The molecule has 2 aromatic carbocycles. The van der Waals surface area contributed by atoms with Gasteiger partial charge in [0.25, 0.3) is 5.91 Å². The molecule has 4 heterocycles. The molecule has 0 aliphatic carbocycles. The van der Waals surface area contributed by atoms with Crippen LogP contribution in [0.25, 0.3) is 16.7 Å². The van der Waals surface area contributed by atoms with Gasteiger partial charge in [0.1, 0.15) is 22.9 Å². The van der Waals surface area contributed by atoms with Gasteiger partial charge in [-0.25, -0.2) is 18.2 Å². The summed E-state index contributed by atoms with van der Waals surface area (Å²) in [5.41, 5.74) is 0.824. The van der Waals surface area contributed by atoms with Crippen molar-refractivity contribution in [2.45, 2.75) is 6.42 Å². The number of anilines is 1. The van der Waals surface area contributed by atoms with E-state index in [1.165, 1.54) is 29.3 Å². The van der Waals surface area contributed by atoms with E-state index in [0.717, 1.165) is 18.6 Å². The lowest BCUT2D eigenvalue weighted by Crippen LogP contribution is -2.54. The molecule has 178 valence electrons. The van der Waals surface area contributed by atoms with Gasteiger partial charge >= 0.3 is 0 Å². The van der Waals surface area contributed by atoms with Gasteiger partial charge in [-0.2, -0.15) is 15.0 Å². The molecule has 0 radical (unpaired) electrons. The standard InChI is InChI=1S/C24H20F3N7O/c25-16-2-1-3-21(34-29-4-5-30-34)23(16)24(35)33-12-14-6-15(13-33)11-32(10-14)22-9-28-19-7-17(26)18(27)8-20(19)31-22/h1-5,7-9,14-15H,6,10-13H2. The van der Waals surface area contributed by atoms with E-state index < -0.39 is 17.5 Å². The van der Waals surface area contributed by atoms with Crippen LogP contribution >= 0.6 is 0 Å². The van der Waals surface area contributed by atoms with Crippen LogP contribution in [-0.2, 0) is 0 Å². The largest absolute Gasteiger partial charge is 0.355 e. The van der Waals surface area contributed by atoms with Crippen molar-refractivity contribution in [3.8, 4) is 5.69 Å². The fourth-order valence-corrected chi connectivity index (χ4v) is 5.17. The van der Waals surface area contributed by atoms with Gasteiger partial charge in [0.05, 0.1) is 29.6 Å². The molecule has 1 amide bonds. The quantitative estimate of drug-likeness (QED) is 0.449. The third kappa shape index (κ3) is 3.86. The zero-order valence-corrected chi connectivity index (χ0v) is 18.5. The van der Waals surface area contributed by atoms with Gasteiger partial charge in [-0.15, -0.1) is 0 Å². The minimum Gasteiger partial charge on any atom is -0.355 e. The monoisotopic (exact) mass is 479 g/mol. The van der Waals surface area contributed by atoms with Crippen LogP contribution in [0.2, 0.25) is 0 Å². The first-order chi connectivity index (χ1) is 17.0. The molecule has 2 fully saturated rings. The number of fused-ring (bicyclic) bond motifs is 3. The van der Waals surface area contributed by atoms with Gasteiger partial charge in [0.2, 0.25) is 0 Å². The molecule has 2 unspecified atom stereocenters. The Morgan fingerprint density at radius 1 is 0.886 bits per heavy atom. The maximum Gasteiger partial charge on any atom is 0.259 e. The summed E-state index contributed by atoms with van der Waals surface area (Å²) in [5, 5.41) is 8.11. The fourth-order valence-electron chi connectivity index (χ4n) is 5.17. The van der Waals surface area contributed by atoms with E-state index in [1.807, 2.05) is 0 Å². The average molecular weight is 479 g/mol. The molecule has 2 aliphatic rings. The number of carbonyl (C=O) groups is 1. The Hall–Kier alpha value is -4.02. The van der Waals surface area contributed by atoms with Gasteiger partial charge in [-0.3, -0.25) is 9.78 Å². The summed E-state index contributed by atoms with van der Waals surface area (Å²) >= 11 is 0. The highest BCUT2D eigenvalue weighted by atomic mass is 19.2. The second-order valence-corrected chi connectivity index (χ2v) is 9.02. The van der Waals surface area contributed by atoms with E-state index in [9.17, 15) is 18.0 Å². The van der Waals surface area contributed by atoms with Crippen LogP contribution in [0, 0.1) is 29.3 Å². The number of nitrogens with zero attached hydrogens (tertiary/aromatic N) is 7. The number of rotatable bonds is 3. The molecule has 2 aromatic heterocycles. The molecule has 8 nitrogen and oxygen atoms in total. The molecule has 2 atom stereocenters. The number of benzene rings is 2. The van der Waals surface area contributed by atoms with Crippen molar-refractivity contribution in [1.29, 1.82) is 0 Å². The van der Waals surface area contributed by atoms with Crippen molar-refractivity contribution in [2.24, 2.45) is 11.8 Å². The Balaban J connectivity index is 1.23. The molecule has 0 saturated carbocycles. The smallest absolute Gasteiger partial charge is 0.259 e. The molecule has 35 heavy (non-hydrogen) atoms. The fraction of sp³-hybridized carbons (Fsp3) is 0.292. The zero-order chi connectivity index (χ0) is 24.1. The third-order valence-electron chi connectivity index (χ3n) is 6.60. The van der Waals surface area contributed by atoms with Crippen LogP contribution < -0.4 is 4.90 Å². The molecule has 2 bridgehead atoms. The highest BCUT2D eigenvalue weighted by Crippen LogP contribution is 2.33. The maximum atomic E-state index is 14.8. The summed E-state index contributed by atoms with van der Waals surface area (Å²) in [6, 6.07) is 6.49. The Morgan fingerprint density at radius 2 is 1.57 bits per heavy atom. The summed E-state index contributed by atoms with van der Waals surface area (Å²) in [4.78, 5) is 27.2. The summed E-state index contributed by atoms with van der Waals surface area (Å²) in [7, 11) is 0. The first-order valence-electron chi connectivity index (χ1n) is 11.3. The van der Waals surface area contributed by atoms with Gasteiger partial charge in [-0.05, 0) is 30.4 Å². The number of amides is 1. The van der Waals surface area contributed by atoms with Crippen LogP contribution in [0.15, 0.2) is 48.9 Å². The number of aromatic nitrogens is 5. The van der Waals surface area contributed by atoms with Gasteiger partial charge in [-0.1, -0.05) is 6.07 Å². The summed E-state index contributed by atoms with van der Waals surface area (Å²) in [6.45, 7) is 2.17. The van der Waals surface area contributed by atoms with E-state index in [2.05, 4.69) is 25.1 Å². The number of carbonyl (C=O) groups excluding carboxylic acids is 1. The topological polar surface area (TPSA) is 80.0 Å². The minimum absolute atomic E-state index is 0.0461. The summed E-state index contributed by atoms with van der Waals surface area (Å²) in [5.74, 6) is -2.05. The van der Waals surface area contributed by atoms with E-state index in [1.54, 1.807) is 17.2 Å². The normalized spacial score (nSPS) is 19.9. The molecular formula is C24H20F3N7O. The van der Waals surface area contributed by atoms with Crippen molar-refractivity contribution in [3.05, 3.63) is 71.9 Å². The number of hydrogen-bond donors (Lipinski definition) is 0. The lowest BCUT2D eigenvalue weighted by molar-refractivity contribution is 0.0559. The second-order valence-electron chi connectivity index (χ2n) is 9.02. The van der Waals surface area contributed by atoms with Gasteiger partial charge < -0.3 is 9.80 Å². The van der Waals surface area contributed by atoms with Crippen molar-refractivity contribution < 1.29 is 18.0 Å². The number of hydrogen-bond acceptors (Lipinski definition) is 6. The summed E-state index contributed by atoms with van der Waals surface area (Å²) in [6.07, 6.45) is 5.44. The Morgan fingerprint density at radius 3 is 2.29 bits per heavy atom. The number of likely N-dealkylation sites (tertiary alicyclic amines) is 1. The molecule has 0 spiro atoms. The zero-order valence-electron chi connectivity index (χ0n) is 18.5. The highest BCUT2D eigenvalue weighted by molar-refractivity contribution is 5.98. The van der Waals surface area contributed by atoms with Crippen molar-refractivity contribution in [3.63, 3.8) is 0 Å². The molecular weight excluding hydrogens is 459 g/mol. The van der Waals surface area contributed by atoms with Crippen molar-refractivity contribution in [1.82, 2.24) is 29.9 Å². The van der Waals surface area contributed by atoms with Crippen LogP contribution in [0.4, 0.5) is 19.0 Å². The molecule has 4 aromatic rings. The van der Waals surface area contributed by atoms with Crippen LogP contribution in [-0.4, -0.2) is 61.9 Å². The maximum absolute atomic E-state index is 14.8. The van der Waals surface area contributed by atoms with Crippen LogP contribution in [0.3, 0.4) is 0 Å². The molecule has 6 rings (SSSR count). The molecule has 11 heteroatoms. The Kier molecular flexibility index (Phi) is 5.12. The van der Waals surface area contributed by atoms with Gasteiger partial charge in [0.15, 0.2) is 11.6 Å². The SMILES string of the molecule is O=C(c1c(F)cccc1-n1nccn1)N1CC2CC(C1)CN(c1cnc3cc(F)c(F)cc3n1)C2. The first-order valence-corrected chi connectivity index (χ1v) is 11.3.